The number of carbonyl (C=O) groups is 1. The number of rotatable bonds is 5. The van der Waals surface area contributed by atoms with Gasteiger partial charge >= 0.3 is 0 Å². The highest BCUT2D eigenvalue weighted by molar-refractivity contribution is 7.15. The number of aryl methyl sites for hydroxylation is 2. The van der Waals surface area contributed by atoms with Crippen molar-refractivity contribution >= 4 is 34.3 Å². The average Bonchev–Trinajstić information content (AvgIpc) is 3.36. The highest BCUT2D eigenvalue weighted by Gasteiger charge is 2.26. The van der Waals surface area contributed by atoms with Crippen molar-refractivity contribution in [3.63, 3.8) is 0 Å². The summed E-state index contributed by atoms with van der Waals surface area (Å²) >= 11 is 1.61. The summed E-state index contributed by atoms with van der Waals surface area (Å²) in [7, 11) is 0. The van der Waals surface area contributed by atoms with Crippen molar-refractivity contribution < 1.29 is 9.21 Å². The number of anilines is 2. The summed E-state index contributed by atoms with van der Waals surface area (Å²) in [5.74, 6) is 1.69. The molecule has 4 heterocycles. The average molecular weight is 410 g/mol. The number of furan rings is 1. The predicted octanol–water partition coefficient (Wildman–Crippen LogP) is 4.31. The Balaban J connectivity index is 1.40. The van der Waals surface area contributed by atoms with Crippen molar-refractivity contribution in [3.8, 4) is 0 Å². The molecule has 0 bridgehead atoms. The third-order valence-corrected chi connectivity index (χ3v) is 6.10. The first-order valence-electron chi connectivity index (χ1n) is 9.62. The van der Waals surface area contributed by atoms with Gasteiger partial charge in [-0.3, -0.25) is 9.78 Å². The summed E-state index contributed by atoms with van der Waals surface area (Å²) in [5.41, 5.74) is 1.97. The van der Waals surface area contributed by atoms with Crippen LogP contribution < -0.4 is 5.32 Å². The molecule has 3 aromatic rings. The van der Waals surface area contributed by atoms with E-state index in [4.69, 9.17) is 4.42 Å². The summed E-state index contributed by atoms with van der Waals surface area (Å²) in [6.07, 6.45) is 9.99. The number of carbonyl (C=O) groups excluding carboxylic acids is 1. The van der Waals surface area contributed by atoms with Crippen LogP contribution in [-0.4, -0.2) is 38.8 Å². The Morgan fingerprint density at radius 3 is 2.76 bits per heavy atom. The molecule has 1 N–H and O–H groups in total. The van der Waals surface area contributed by atoms with Gasteiger partial charge in [-0.1, -0.05) is 0 Å². The molecule has 0 aromatic carbocycles. The summed E-state index contributed by atoms with van der Waals surface area (Å²) < 4.78 is 5.23. The molecule has 0 saturated carbocycles. The highest BCUT2D eigenvalue weighted by atomic mass is 32.1. The largest absolute Gasteiger partial charge is 0.465 e. The number of hydrogen-bond acceptors (Lipinski definition) is 7. The number of nitrogens with zero attached hydrogens (tertiary/aromatic N) is 4. The van der Waals surface area contributed by atoms with Gasteiger partial charge in [0.2, 0.25) is 5.91 Å². The summed E-state index contributed by atoms with van der Waals surface area (Å²) in [4.78, 5) is 29.1. The van der Waals surface area contributed by atoms with Crippen molar-refractivity contribution in [2.24, 2.45) is 0 Å². The van der Waals surface area contributed by atoms with Gasteiger partial charge in [0.25, 0.3) is 0 Å². The number of amides is 1. The first kappa shape index (κ1) is 19.3. The quantitative estimate of drug-likeness (QED) is 0.632. The Morgan fingerprint density at radius 2 is 2.07 bits per heavy atom. The Hall–Kier alpha value is -3.00. The lowest BCUT2D eigenvalue weighted by Crippen LogP contribution is -2.37. The second-order valence-corrected chi connectivity index (χ2v) is 8.23. The van der Waals surface area contributed by atoms with Crippen molar-refractivity contribution in [2.45, 2.75) is 32.6 Å². The van der Waals surface area contributed by atoms with E-state index in [1.165, 1.54) is 4.88 Å². The second-order valence-electron chi connectivity index (χ2n) is 7.02. The van der Waals surface area contributed by atoms with Crippen LogP contribution in [0.5, 0.6) is 0 Å². The minimum absolute atomic E-state index is 0.00563. The van der Waals surface area contributed by atoms with Crippen LogP contribution >= 0.6 is 11.3 Å². The number of aromatic nitrogens is 3. The van der Waals surface area contributed by atoms with Crippen molar-refractivity contribution in [1.29, 1.82) is 0 Å². The van der Waals surface area contributed by atoms with Crippen LogP contribution in [0.2, 0.25) is 0 Å². The Bertz CT molecular complexity index is 985. The molecule has 3 aromatic heterocycles. The molecule has 1 saturated heterocycles. The number of piperidine rings is 1. The number of likely N-dealkylation sites (tertiary alicyclic amines) is 1. The van der Waals surface area contributed by atoms with E-state index in [9.17, 15) is 4.79 Å². The van der Waals surface area contributed by atoms with Crippen LogP contribution in [0.1, 0.15) is 40.8 Å². The highest BCUT2D eigenvalue weighted by Crippen LogP contribution is 2.33. The lowest BCUT2D eigenvalue weighted by molar-refractivity contribution is -0.126. The van der Waals surface area contributed by atoms with Crippen LogP contribution in [0.25, 0.3) is 6.08 Å². The standard InChI is InChI=1S/C21H23N5O2S/c1-14-15(2)29-21(24-14)25-20-19(22-9-10-23-20)16-7-11-26(12-8-16)18(27)6-5-17-4-3-13-28-17/h3-6,9-10,13,16H,7-8,11-12H2,1-2H3,(H,23,24,25)/b6-5+. The molecular formula is C21H23N5O2S. The Labute approximate surface area is 173 Å². The van der Waals surface area contributed by atoms with E-state index in [1.54, 1.807) is 48.2 Å². The topological polar surface area (TPSA) is 84.2 Å². The van der Waals surface area contributed by atoms with Gasteiger partial charge in [-0.15, -0.1) is 11.3 Å². The maximum Gasteiger partial charge on any atom is 0.246 e. The van der Waals surface area contributed by atoms with Crippen molar-refractivity contribution in [2.75, 3.05) is 18.4 Å². The summed E-state index contributed by atoms with van der Waals surface area (Å²) in [6.45, 7) is 5.44. The van der Waals surface area contributed by atoms with Gasteiger partial charge in [-0.25, -0.2) is 9.97 Å². The van der Waals surface area contributed by atoms with E-state index in [0.29, 0.717) is 18.8 Å². The molecule has 7 nitrogen and oxygen atoms in total. The second kappa shape index (κ2) is 8.57. The van der Waals surface area contributed by atoms with E-state index < -0.39 is 0 Å². The molecule has 1 aliphatic rings. The molecule has 0 atom stereocenters. The van der Waals surface area contributed by atoms with Crippen LogP contribution in [0.15, 0.2) is 41.3 Å². The van der Waals surface area contributed by atoms with Crippen LogP contribution in [0, 0.1) is 13.8 Å². The first-order valence-corrected chi connectivity index (χ1v) is 10.4. The van der Waals surface area contributed by atoms with Gasteiger partial charge in [-0.05, 0) is 44.9 Å². The smallest absolute Gasteiger partial charge is 0.246 e. The molecule has 4 rings (SSSR count). The summed E-state index contributed by atoms with van der Waals surface area (Å²) in [5, 5.41) is 4.16. The fourth-order valence-corrected chi connectivity index (χ4v) is 4.20. The molecule has 29 heavy (non-hydrogen) atoms. The Morgan fingerprint density at radius 1 is 1.28 bits per heavy atom. The van der Waals surface area contributed by atoms with Gasteiger partial charge in [0, 0.05) is 42.4 Å². The van der Waals surface area contributed by atoms with Crippen LogP contribution in [-0.2, 0) is 4.79 Å². The molecule has 1 aliphatic heterocycles. The lowest BCUT2D eigenvalue weighted by atomic mass is 9.93. The van der Waals surface area contributed by atoms with Gasteiger partial charge in [0.15, 0.2) is 10.9 Å². The molecule has 0 spiro atoms. The molecular weight excluding hydrogens is 386 g/mol. The van der Waals surface area contributed by atoms with Crippen molar-refractivity contribution in [1.82, 2.24) is 19.9 Å². The minimum atomic E-state index is 0.00563. The SMILES string of the molecule is Cc1nc(Nc2nccnc2C2CCN(C(=O)/C=C/c3ccco3)CC2)sc1C. The van der Waals surface area contributed by atoms with Gasteiger partial charge < -0.3 is 14.6 Å². The molecule has 8 heteroatoms. The predicted molar refractivity (Wildman–Crippen MR) is 113 cm³/mol. The van der Waals surface area contributed by atoms with Gasteiger partial charge in [-0.2, -0.15) is 0 Å². The molecule has 0 aliphatic carbocycles. The minimum Gasteiger partial charge on any atom is -0.465 e. The third-order valence-electron chi connectivity index (χ3n) is 5.11. The van der Waals surface area contributed by atoms with E-state index >= 15 is 0 Å². The van der Waals surface area contributed by atoms with Gasteiger partial charge in [0.05, 0.1) is 17.7 Å². The zero-order chi connectivity index (χ0) is 20.2. The lowest BCUT2D eigenvalue weighted by Gasteiger charge is -2.31. The van der Waals surface area contributed by atoms with E-state index in [-0.39, 0.29) is 11.8 Å². The van der Waals surface area contributed by atoms with E-state index in [1.807, 2.05) is 17.9 Å². The third kappa shape index (κ3) is 4.54. The van der Waals surface area contributed by atoms with Crippen LogP contribution in [0.3, 0.4) is 0 Å². The molecule has 0 radical (unpaired) electrons. The number of nitrogens with one attached hydrogen (secondary N) is 1. The molecule has 1 fully saturated rings. The van der Waals surface area contributed by atoms with Gasteiger partial charge in [0.1, 0.15) is 5.76 Å². The first-order chi connectivity index (χ1) is 14.1. The van der Waals surface area contributed by atoms with E-state index in [2.05, 4.69) is 27.2 Å². The molecule has 150 valence electrons. The zero-order valence-corrected chi connectivity index (χ0v) is 17.3. The fraction of sp³-hybridized carbons (Fsp3) is 0.333. The Kier molecular flexibility index (Phi) is 5.71. The maximum absolute atomic E-state index is 12.4. The molecule has 1 amide bonds. The number of hydrogen-bond donors (Lipinski definition) is 1. The summed E-state index contributed by atoms with van der Waals surface area (Å²) in [6, 6.07) is 3.63. The normalized spacial score (nSPS) is 15.2. The monoisotopic (exact) mass is 409 g/mol. The van der Waals surface area contributed by atoms with E-state index in [0.717, 1.165) is 35.2 Å². The zero-order valence-electron chi connectivity index (χ0n) is 16.5. The molecule has 0 unspecified atom stereocenters. The van der Waals surface area contributed by atoms with Crippen molar-refractivity contribution in [3.05, 3.63) is 58.9 Å². The number of thiazole rings is 1. The maximum atomic E-state index is 12.4. The van der Waals surface area contributed by atoms with Crippen LogP contribution in [0.4, 0.5) is 10.9 Å². The fourth-order valence-electron chi connectivity index (χ4n) is 3.39.